The number of nitrogens with zero attached hydrogens (tertiary/aromatic N) is 1. The van der Waals surface area contributed by atoms with Gasteiger partial charge in [-0.1, -0.05) is 37.3 Å². The van der Waals surface area contributed by atoms with E-state index < -0.39 is 11.8 Å². The van der Waals surface area contributed by atoms with Crippen LogP contribution in [0.5, 0.6) is 0 Å². The van der Waals surface area contributed by atoms with Gasteiger partial charge in [-0.25, -0.2) is 13.8 Å². The second kappa shape index (κ2) is 10.6. The van der Waals surface area contributed by atoms with Gasteiger partial charge in [-0.15, -0.1) is 0 Å². The standard InChI is InChI=1S/C24H30F2N4O2/c1-16(17-7-4-3-5-8-17)20-13-18(14-21(30-20)23(32)27-2)22(31)29-11-6-9-19-10-12-28-15-24(19,25)26/h3-5,7-8,13-14,16,19,28H,6,9-12,15H2,1-2H3,(H,27,32)(H,29,31)/t16-,19?/m0/s1. The molecule has 172 valence electrons. The largest absolute Gasteiger partial charge is 0.354 e. The molecule has 1 fully saturated rings. The number of rotatable bonds is 8. The van der Waals surface area contributed by atoms with Crippen molar-refractivity contribution in [3.05, 3.63) is 65.0 Å². The van der Waals surface area contributed by atoms with E-state index in [0.717, 1.165) is 5.56 Å². The molecule has 1 aliphatic heterocycles. The summed E-state index contributed by atoms with van der Waals surface area (Å²) in [6.07, 6.45) is 1.25. The van der Waals surface area contributed by atoms with E-state index in [1.165, 1.54) is 13.1 Å². The molecule has 0 aliphatic carbocycles. The van der Waals surface area contributed by atoms with Crippen molar-refractivity contribution in [3.8, 4) is 0 Å². The van der Waals surface area contributed by atoms with Crippen molar-refractivity contribution >= 4 is 11.8 Å². The zero-order valence-electron chi connectivity index (χ0n) is 18.5. The Kier molecular flexibility index (Phi) is 7.90. The number of pyridine rings is 1. The molecule has 0 saturated carbocycles. The summed E-state index contributed by atoms with van der Waals surface area (Å²) in [7, 11) is 1.51. The van der Waals surface area contributed by atoms with Crippen LogP contribution in [0.15, 0.2) is 42.5 Å². The maximum absolute atomic E-state index is 13.9. The fourth-order valence-corrected chi connectivity index (χ4v) is 3.96. The highest BCUT2D eigenvalue weighted by Gasteiger charge is 2.40. The molecule has 3 rings (SSSR count). The molecule has 6 nitrogen and oxygen atoms in total. The number of benzene rings is 1. The zero-order valence-corrected chi connectivity index (χ0v) is 18.5. The highest BCUT2D eigenvalue weighted by molar-refractivity contribution is 5.98. The summed E-state index contributed by atoms with van der Waals surface area (Å²) in [4.78, 5) is 29.4. The molecule has 1 aliphatic rings. The third kappa shape index (κ3) is 5.88. The minimum Gasteiger partial charge on any atom is -0.354 e. The van der Waals surface area contributed by atoms with Crippen molar-refractivity contribution in [2.75, 3.05) is 26.7 Å². The normalized spacial score (nSPS) is 18.6. The molecule has 8 heteroatoms. The molecule has 2 aromatic rings. The van der Waals surface area contributed by atoms with Crippen LogP contribution < -0.4 is 16.0 Å². The first kappa shape index (κ1) is 23.8. The number of hydrogen-bond acceptors (Lipinski definition) is 4. The predicted molar refractivity (Wildman–Crippen MR) is 119 cm³/mol. The first-order chi connectivity index (χ1) is 15.3. The lowest BCUT2D eigenvalue weighted by Crippen LogP contribution is -2.46. The van der Waals surface area contributed by atoms with Crippen LogP contribution in [0.4, 0.5) is 8.78 Å². The van der Waals surface area contributed by atoms with Gasteiger partial charge in [0.1, 0.15) is 5.69 Å². The smallest absolute Gasteiger partial charge is 0.269 e. The van der Waals surface area contributed by atoms with Crippen molar-refractivity contribution in [1.29, 1.82) is 0 Å². The van der Waals surface area contributed by atoms with Crippen molar-refractivity contribution in [2.45, 2.75) is 38.0 Å². The molecular weight excluding hydrogens is 414 g/mol. The molecule has 32 heavy (non-hydrogen) atoms. The molecule has 1 saturated heterocycles. The lowest BCUT2D eigenvalue weighted by Gasteiger charge is -2.31. The van der Waals surface area contributed by atoms with Gasteiger partial charge in [0.2, 0.25) is 0 Å². The molecule has 1 unspecified atom stereocenters. The van der Waals surface area contributed by atoms with Crippen molar-refractivity contribution in [2.24, 2.45) is 5.92 Å². The van der Waals surface area contributed by atoms with Gasteiger partial charge in [0.25, 0.3) is 17.7 Å². The van der Waals surface area contributed by atoms with E-state index in [1.807, 2.05) is 37.3 Å². The number of hydrogen-bond donors (Lipinski definition) is 3. The topological polar surface area (TPSA) is 83.1 Å². The molecule has 1 aromatic heterocycles. The summed E-state index contributed by atoms with van der Waals surface area (Å²) >= 11 is 0. The van der Waals surface area contributed by atoms with Gasteiger partial charge in [-0.3, -0.25) is 9.59 Å². The summed E-state index contributed by atoms with van der Waals surface area (Å²) in [5.41, 5.74) is 2.11. The highest BCUT2D eigenvalue weighted by atomic mass is 19.3. The Morgan fingerprint density at radius 3 is 2.66 bits per heavy atom. The van der Waals surface area contributed by atoms with Crippen LogP contribution in [0.2, 0.25) is 0 Å². The maximum Gasteiger partial charge on any atom is 0.269 e. The summed E-state index contributed by atoms with van der Waals surface area (Å²) in [5, 5.41) is 8.06. The molecule has 2 atom stereocenters. The fourth-order valence-electron chi connectivity index (χ4n) is 3.96. The van der Waals surface area contributed by atoms with E-state index in [-0.39, 0.29) is 30.0 Å². The minimum atomic E-state index is -2.71. The molecule has 0 radical (unpaired) electrons. The van der Waals surface area contributed by atoms with Crippen molar-refractivity contribution in [1.82, 2.24) is 20.9 Å². The number of aromatic nitrogens is 1. The van der Waals surface area contributed by atoms with Crippen LogP contribution in [0.3, 0.4) is 0 Å². The summed E-state index contributed by atoms with van der Waals surface area (Å²) in [6.45, 7) is 2.56. The molecular formula is C24H30F2N4O2. The zero-order chi connectivity index (χ0) is 23.1. The van der Waals surface area contributed by atoms with Gasteiger partial charge in [-0.2, -0.15) is 0 Å². The number of carbonyl (C=O) groups excluding carboxylic acids is 2. The molecule has 1 aromatic carbocycles. The number of halogens is 2. The SMILES string of the molecule is CNC(=O)c1cc(C(=O)NCCCC2CCNCC2(F)F)cc([C@@H](C)c2ccccc2)n1. The van der Waals surface area contributed by atoms with Crippen LogP contribution in [0.1, 0.15) is 64.2 Å². The second-order valence-electron chi connectivity index (χ2n) is 8.20. The van der Waals surface area contributed by atoms with Gasteiger partial charge in [0.05, 0.1) is 6.54 Å². The number of carbonyl (C=O) groups is 2. The van der Waals surface area contributed by atoms with Crippen molar-refractivity contribution < 1.29 is 18.4 Å². The van der Waals surface area contributed by atoms with E-state index in [1.54, 1.807) is 6.07 Å². The average molecular weight is 445 g/mol. The molecule has 2 heterocycles. The van der Waals surface area contributed by atoms with Crippen LogP contribution in [0, 0.1) is 5.92 Å². The predicted octanol–water partition coefficient (Wildman–Crippen LogP) is 3.35. The first-order valence-electron chi connectivity index (χ1n) is 11.0. The van der Waals surface area contributed by atoms with Gasteiger partial charge < -0.3 is 16.0 Å². The number of alkyl halides is 2. The Morgan fingerprint density at radius 2 is 1.97 bits per heavy atom. The molecule has 0 spiro atoms. The Hall–Kier alpha value is -2.87. The summed E-state index contributed by atoms with van der Waals surface area (Å²) in [6, 6.07) is 12.8. The fraction of sp³-hybridized carbons (Fsp3) is 0.458. The summed E-state index contributed by atoms with van der Waals surface area (Å²) in [5.74, 6) is -4.22. The third-order valence-corrected chi connectivity index (χ3v) is 5.95. The first-order valence-corrected chi connectivity index (χ1v) is 11.0. The van der Waals surface area contributed by atoms with Crippen LogP contribution in [-0.4, -0.2) is 49.4 Å². The van der Waals surface area contributed by atoms with Crippen LogP contribution >= 0.6 is 0 Å². The molecule has 2 amide bonds. The van der Waals surface area contributed by atoms with Gasteiger partial charge in [0, 0.05) is 36.7 Å². The van der Waals surface area contributed by atoms with E-state index in [9.17, 15) is 18.4 Å². The second-order valence-corrected chi connectivity index (χ2v) is 8.20. The quantitative estimate of drug-likeness (QED) is 0.546. The number of piperidine rings is 1. The van der Waals surface area contributed by atoms with Gasteiger partial charge >= 0.3 is 0 Å². The van der Waals surface area contributed by atoms with E-state index in [4.69, 9.17) is 0 Å². The van der Waals surface area contributed by atoms with Gasteiger partial charge in [0.15, 0.2) is 0 Å². The van der Waals surface area contributed by atoms with E-state index in [0.29, 0.717) is 43.6 Å². The van der Waals surface area contributed by atoms with Crippen molar-refractivity contribution in [3.63, 3.8) is 0 Å². The minimum absolute atomic E-state index is 0.116. The molecule has 0 bridgehead atoms. The average Bonchev–Trinajstić information content (AvgIpc) is 2.81. The van der Waals surface area contributed by atoms with Crippen LogP contribution in [-0.2, 0) is 0 Å². The lowest BCUT2D eigenvalue weighted by molar-refractivity contribution is -0.0762. The van der Waals surface area contributed by atoms with Gasteiger partial charge in [-0.05, 0) is 43.5 Å². The Balaban J connectivity index is 1.68. The maximum atomic E-state index is 13.9. The Labute approximate surface area is 187 Å². The van der Waals surface area contributed by atoms with E-state index >= 15 is 0 Å². The Morgan fingerprint density at radius 1 is 1.22 bits per heavy atom. The lowest BCUT2D eigenvalue weighted by atomic mass is 9.89. The Bertz CT molecular complexity index is 937. The summed E-state index contributed by atoms with van der Waals surface area (Å²) < 4.78 is 27.9. The van der Waals surface area contributed by atoms with E-state index in [2.05, 4.69) is 20.9 Å². The molecule has 3 N–H and O–H groups in total. The highest BCUT2D eigenvalue weighted by Crippen LogP contribution is 2.32. The van der Waals surface area contributed by atoms with Crippen LogP contribution in [0.25, 0.3) is 0 Å². The number of nitrogens with one attached hydrogen (secondary N) is 3. The third-order valence-electron chi connectivity index (χ3n) is 5.95. The monoisotopic (exact) mass is 444 g/mol. The number of amides is 2.